The summed E-state index contributed by atoms with van der Waals surface area (Å²) in [6.45, 7) is 4.43. The van der Waals surface area contributed by atoms with E-state index in [-0.39, 0.29) is 24.2 Å². The van der Waals surface area contributed by atoms with Gasteiger partial charge in [-0.05, 0) is 18.3 Å². The Morgan fingerprint density at radius 3 is 2.56 bits per heavy atom. The number of rotatable bonds is 8. The summed E-state index contributed by atoms with van der Waals surface area (Å²) in [6.07, 6.45) is 6.70. The van der Waals surface area contributed by atoms with Gasteiger partial charge in [-0.3, -0.25) is 9.59 Å². The molecule has 18 heavy (non-hydrogen) atoms. The third-order valence-corrected chi connectivity index (χ3v) is 2.79. The molecule has 0 saturated heterocycles. The van der Waals surface area contributed by atoms with E-state index >= 15 is 0 Å². The summed E-state index contributed by atoms with van der Waals surface area (Å²) in [7, 11) is 0. The van der Waals surface area contributed by atoms with Crippen molar-refractivity contribution in [3.05, 3.63) is 0 Å². The zero-order chi connectivity index (χ0) is 14.2. The molecule has 0 rings (SSSR count). The van der Waals surface area contributed by atoms with Gasteiger partial charge in [0.05, 0.1) is 6.04 Å². The number of aliphatic carboxylic acids is 1. The predicted octanol–water partition coefficient (Wildman–Crippen LogP) is 0.734. The van der Waals surface area contributed by atoms with Crippen LogP contribution in [0.1, 0.15) is 39.5 Å². The Bertz CT molecular complexity index is 332. The first kappa shape index (κ1) is 16.5. The van der Waals surface area contributed by atoms with Crippen molar-refractivity contribution in [2.24, 2.45) is 11.1 Å². The van der Waals surface area contributed by atoms with Gasteiger partial charge in [0.1, 0.15) is 0 Å². The Morgan fingerprint density at radius 2 is 2.06 bits per heavy atom. The van der Waals surface area contributed by atoms with Crippen LogP contribution in [0.5, 0.6) is 0 Å². The molecule has 0 aliphatic heterocycles. The first-order chi connectivity index (χ1) is 8.28. The van der Waals surface area contributed by atoms with Crippen molar-refractivity contribution in [3.63, 3.8) is 0 Å². The van der Waals surface area contributed by atoms with Gasteiger partial charge >= 0.3 is 5.97 Å². The highest BCUT2D eigenvalue weighted by molar-refractivity contribution is 5.81. The Balaban J connectivity index is 3.92. The lowest BCUT2D eigenvalue weighted by molar-refractivity contribution is -0.137. The molecule has 0 bridgehead atoms. The summed E-state index contributed by atoms with van der Waals surface area (Å²) in [4.78, 5) is 21.9. The van der Waals surface area contributed by atoms with E-state index in [2.05, 4.69) is 11.2 Å². The van der Waals surface area contributed by atoms with E-state index in [0.717, 1.165) is 0 Å². The van der Waals surface area contributed by atoms with Gasteiger partial charge in [-0.15, -0.1) is 12.3 Å². The number of carboxylic acid groups (broad SMARTS) is 1. The standard InChI is InChI=1S/C13H22N2O3/c1-4-5-10(14)12(18)15-9-8-13(2,3)7-6-11(16)17/h1,10H,5-9,14H2,2-3H3,(H,15,18)(H,16,17). The predicted molar refractivity (Wildman–Crippen MR) is 69.7 cm³/mol. The molecule has 1 unspecified atom stereocenters. The van der Waals surface area contributed by atoms with E-state index < -0.39 is 12.0 Å². The molecule has 0 aliphatic carbocycles. The van der Waals surface area contributed by atoms with Gasteiger partial charge in [0, 0.05) is 19.4 Å². The molecule has 0 aromatic carbocycles. The smallest absolute Gasteiger partial charge is 0.303 e. The van der Waals surface area contributed by atoms with E-state index in [1.807, 2.05) is 13.8 Å². The highest BCUT2D eigenvalue weighted by Crippen LogP contribution is 2.25. The van der Waals surface area contributed by atoms with E-state index in [9.17, 15) is 9.59 Å². The molecule has 5 heteroatoms. The minimum atomic E-state index is -0.803. The van der Waals surface area contributed by atoms with Crippen LogP contribution in [0.2, 0.25) is 0 Å². The summed E-state index contributed by atoms with van der Waals surface area (Å²) in [6, 6.07) is -0.669. The van der Waals surface area contributed by atoms with Crippen LogP contribution in [0.25, 0.3) is 0 Å². The van der Waals surface area contributed by atoms with Crippen molar-refractivity contribution in [1.82, 2.24) is 5.32 Å². The van der Waals surface area contributed by atoms with Gasteiger partial charge in [0.15, 0.2) is 0 Å². The number of hydrogen-bond donors (Lipinski definition) is 3. The SMILES string of the molecule is C#CCC(N)C(=O)NCCC(C)(C)CCC(=O)O. The lowest BCUT2D eigenvalue weighted by Gasteiger charge is -2.24. The van der Waals surface area contributed by atoms with Gasteiger partial charge in [-0.1, -0.05) is 13.8 Å². The van der Waals surface area contributed by atoms with Crippen LogP contribution in [0, 0.1) is 17.8 Å². The molecule has 4 N–H and O–H groups in total. The minimum absolute atomic E-state index is 0.123. The van der Waals surface area contributed by atoms with Crippen LogP contribution < -0.4 is 11.1 Å². The Labute approximate surface area is 108 Å². The van der Waals surface area contributed by atoms with Crippen LogP contribution in [0.3, 0.4) is 0 Å². The van der Waals surface area contributed by atoms with Gasteiger partial charge in [0.2, 0.25) is 5.91 Å². The zero-order valence-corrected chi connectivity index (χ0v) is 11.0. The largest absolute Gasteiger partial charge is 0.481 e. The molecule has 0 heterocycles. The molecule has 0 saturated carbocycles. The zero-order valence-electron chi connectivity index (χ0n) is 11.0. The highest BCUT2D eigenvalue weighted by atomic mass is 16.4. The van der Waals surface area contributed by atoms with E-state index in [1.54, 1.807) is 0 Å². The van der Waals surface area contributed by atoms with Crippen LogP contribution in [-0.4, -0.2) is 29.6 Å². The van der Waals surface area contributed by atoms with Crippen LogP contribution in [0.15, 0.2) is 0 Å². The fourth-order valence-electron chi connectivity index (χ4n) is 1.45. The van der Waals surface area contributed by atoms with Crippen molar-refractivity contribution in [2.45, 2.75) is 45.6 Å². The second-order valence-corrected chi connectivity index (χ2v) is 5.11. The fourth-order valence-corrected chi connectivity index (χ4v) is 1.45. The normalized spacial score (nSPS) is 12.6. The molecule has 0 aromatic rings. The third kappa shape index (κ3) is 7.69. The number of nitrogens with two attached hydrogens (primary N) is 1. The lowest BCUT2D eigenvalue weighted by Crippen LogP contribution is -2.41. The number of hydrogen-bond acceptors (Lipinski definition) is 3. The molecule has 0 spiro atoms. The quantitative estimate of drug-likeness (QED) is 0.557. The Hall–Kier alpha value is -1.54. The maximum absolute atomic E-state index is 11.5. The molecule has 1 amide bonds. The molecule has 5 nitrogen and oxygen atoms in total. The average Bonchev–Trinajstić information content (AvgIpc) is 2.26. The van der Waals surface area contributed by atoms with Crippen LogP contribution in [0.4, 0.5) is 0 Å². The van der Waals surface area contributed by atoms with Crippen molar-refractivity contribution < 1.29 is 14.7 Å². The van der Waals surface area contributed by atoms with E-state index in [0.29, 0.717) is 19.4 Å². The van der Waals surface area contributed by atoms with Crippen molar-refractivity contribution in [3.8, 4) is 12.3 Å². The number of carboxylic acids is 1. The maximum Gasteiger partial charge on any atom is 0.303 e. The Kier molecular flexibility index (Phi) is 7.06. The fraction of sp³-hybridized carbons (Fsp3) is 0.692. The lowest BCUT2D eigenvalue weighted by atomic mass is 9.84. The molecule has 0 radical (unpaired) electrons. The molecular weight excluding hydrogens is 232 g/mol. The summed E-state index contributed by atoms with van der Waals surface area (Å²) >= 11 is 0. The molecule has 1 atom stereocenters. The van der Waals surface area contributed by atoms with Crippen molar-refractivity contribution in [2.75, 3.05) is 6.54 Å². The number of carbonyl (C=O) groups excluding carboxylic acids is 1. The number of nitrogens with one attached hydrogen (secondary N) is 1. The number of terminal acetylenes is 1. The Morgan fingerprint density at radius 1 is 1.44 bits per heavy atom. The third-order valence-electron chi connectivity index (χ3n) is 2.79. The van der Waals surface area contributed by atoms with Gasteiger partial charge < -0.3 is 16.2 Å². The monoisotopic (exact) mass is 254 g/mol. The number of carbonyl (C=O) groups is 2. The highest BCUT2D eigenvalue weighted by Gasteiger charge is 2.20. The van der Waals surface area contributed by atoms with Gasteiger partial charge in [0.25, 0.3) is 0 Å². The molecule has 0 fully saturated rings. The summed E-state index contributed by atoms with van der Waals surface area (Å²) in [5.41, 5.74) is 5.42. The minimum Gasteiger partial charge on any atom is -0.481 e. The summed E-state index contributed by atoms with van der Waals surface area (Å²) in [5.74, 6) is 1.27. The van der Waals surface area contributed by atoms with E-state index in [1.165, 1.54) is 0 Å². The first-order valence-corrected chi connectivity index (χ1v) is 5.97. The van der Waals surface area contributed by atoms with Crippen LogP contribution >= 0.6 is 0 Å². The van der Waals surface area contributed by atoms with Gasteiger partial charge in [-0.2, -0.15) is 0 Å². The van der Waals surface area contributed by atoms with Crippen molar-refractivity contribution >= 4 is 11.9 Å². The summed E-state index contributed by atoms with van der Waals surface area (Å²) < 4.78 is 0. The first-order valence-electron chi connectivity index (χ1n) is 5.97. The topological polar surface area (TPSA) is 92.4 Å². The molecule has 0 aromatic heterocycles. The molecular formula is C13H22N2O3. The second-order valence-electron chi connectivity index (χ2n) is 5.11. The average molecular weight is 254 g/mol. The van der Waals surface area contributed by atoms with Gasteiger partial charge in [-0.25, -0.2) is 0 Å². The van der Waals surface area contributed by atoms with E-state index in [4.69, 9.17) is 17.3 Å². The summed E-state index contributed by atoms with van der Waals surface area (Å²) in [5, 5.41) is 11.3. The molecule has 102 valence electrons. The maximum atomic E-state index is 11.5. The number of amides is 1. The van der Waals surface area contributed by atoms with Crippen LogP contribution in [-0.2, 0) is 9.59 Å². The van der Waals surface area contributed by atoms with Crippen molar-refractivity contribution in [1.29, 1.82) is 0 Å². The molecule has 0 aliphatic rings. The second kappa shape index (κ2) is 7.72.